The summed E-state index contributed by atoms with van der Waals surface area (Å²) in [6, 6.07) is 7.55. The van der Waals surface area contributed by atoms with Gasteiger partial charge in [0.25, 0.3) is 0 Å². The number of nitrogens with zero attached hydrogens (tertiary/aromatic N) is 2. The Bertz CT molecular complexity index is 475. The molecule has 0 amide bonds. The van der Waals surface area contributed by atoms with Gasteiger partial charge in [0.15, 0.2) is 0 Å². The molecule has 0 saturated heterocycles. The fourth-order valence-electron chi connectivity index (χ4n) is 1.21. The maximum atomic E-state index is 5.85. The maximum absolute atomic E-state index is 5.85. The minimum absolute atomic E-state index is 0.418. The van der Waals surface area contributed by atoms with Crippen LogP contribution in [0.25, 0.3) is 0 Å². The van der Waals surface area contributed by atoms with Crippen LogP contribution in [-0.4, -0.2) is 10.2 Å². The van der Waals surface area contributed by atoms with Gasteiger partial charge in [0.05, 0.1) is 6.61 Å². The number of nitrogens with two attached hydrogens (primary N) is 1. The number of aromatic nitrogens is 2. The quantitative estimate of drug-likeness (QED) is 0.912. The molecule has 0 fully saturated rings. The van der Waals surface area contributed by atoms with Gasteiger partial charge in [-0.1, -0.05) is 35.1 Å². The van der Waals surface area contributed by atoms with Crippen LogP contribution in [0.3, 0.4) is 0 Å². The van der Waals surface area contributed by atoms with Crippen molar-refractivity contribution in [3.05, 3.63) is 39.9 Å². The first-order valence-corrected chi connectivity index (χ1v) is 5.83. The highest BCUT2D eigenvalue weighted by Gasteiger charge is 2.01. The van der Waals surface area contributed by atoms with Crippen LogP contribution >= 0.6 is 22.9 Å². The van der Waals surface area contributed by atoms with Crippen LogP contribution in [0.1, 0.15) is 10.6 Å². The molecule has 2 rings (SSSR count). The predicted octanol–water partition coefficient (Wildman–Crippen LogP) is 2.49. The van der Waals surface area contributed by atoms with Gasteiger partial charge in [-0.05, 0) is 17.7 Å². The fraction of sp³-hybridized carbons (Fsp3) is 0.200. The van der Waals surface area contributed by atoms with Gasteiger partial charge in [0, 0.05) is 5.02 Å². The van der Waals surface area contributed by atoms with E-state index < -0.39 is 0 Å². The van der Waals surface area contributed by atoms with Gasteiger partial charge in [-0.3, -0.25) is 0 Å². The van der Waals surface area contributed by atoms with E-state index in [1.807, 2.05) is 24.3 Å². The molecule has 1 aromatic carbocycles. The van der Waals surface area contributed by atoms with Crippen molar-refractivity contribution in [2.75, 3.05) is 5.73 Å². The Morgan fingerprint density at radius 2 is 2.19 bits per heavy atom. The third-order valence-corrected chi connectivity index (χ3v) is 2.83. The van der Waals surface area contributed by atoms with Crippen LogP contribution in [-0.2, 0) is 18.0 Å². The third kappa shape index (κ3) is 3.16. The van der Waals surface area contributed by atoms with Gasteiger partial charge >= 0.3 is 0 Å². The SMILES string of the molecule is Nc1nnc(COCc2cccc(Cl)c2)s1. The molecule has 2 aromatic rings. The van der Waals surface area contributed by atoms with Gasteiger partial charge in [0.1, 0.15) is 11.6 Å². The molecule has 0 radical (unpaired) electrons. The zero-order valence-electron chi connectivity index (χ0n) is 8.39. The van der Waals surface area contributed by atoms with Crippen LogP contribution in [0, 0.1) is 0 Å². The molecule has 0 aliphatic carbocycles. The number of hydrogen-bond donors (Lipinski definition) is 1. The first-order chi connectivity index (χ1) is 7.74. The van der Waals surface area contributed by atoms with Crippen LogP contribution in [0.2, 0.25) is 5.02 Å². The smallest absolute Gasteiger partial charge is 0.203 e. The molecule has 6 heteroatoms. The summed E-state index contributed by atoms with van der Waals surface area (Å²) < 4.78 is 5.47. The molecule has 4 nitrogen and oxygen atoms in total. The standard InChI is InChI=1S/C10H10ClN3OS/c11-8-3-1-2-7(4-8)5-15-6-9-13-14-10(12)16-9/h1-4H,5-6H2,(H2,12,14). The Balaban J connectivity index is 1.84. The summed E-state index contributed by atoms with van der Waals surface area (Å²) in [6.45, 7) is 0.918. The predicted molar refractivity (Wildman–Crippen MR) is 64.3 cm³/mol. The summed E-state index contributed by atoms with van der Waals surface area (Å²) >= 11 is 7.18. The normalized spacial score (nSPS) is 10.6. The number of halogens is 1. The summed E-state index contributed by atoms with van der Waals surface area (Å²) in [4.78, 5) is 0. The molecule has 0 atom stereocenters. The fourth-order valence-corrected chi connectivity index (χ4v) is 1.97. The van der Waals surface area contributed by atoms with Crippen molar-refractivity contribution in [3.63, 3.8) is 0 Å². The van der Waals surface area contributed by atoms with Gasteiger partial charge in [-0.15, -0.1) is 10.2 Å². The number of hydrogen-bond acceptors (Lipinski definition) is 5. The second kappa shape index (κ2) is 5.25. The number of nitrogen functional groups attached to an aromatic ring is 1. The number of anilines is 1. The van der Waals surface area contributed by atoms with Crippen molar-refractivity contribution in [2.45, 2.75) is 13.2 Å². The lowest BCUT2D eigenvalue weighted by Gasteiger charge is -2.02. The first-order valence-electron chi connectivity index (χ1n) is 4.64. The van der Waals surface area contributed by atoms with Crippen LogP contribution < -0.4 is 5.73 Å². The largest absolute Gasteiger partial charge is 0.374 e. The summed E-state index contributed by atoms with van der Waals surface area (Å²) in [7, 11) is 0. The van der Waals surface area contributed by atoms with E-state index in [-0.39, 0.29) is 0 Å². The molecule has 0 spiro atoms. The van der Waals surface area contributed by atoms with E-state index in [1.54, 1.807) is 0 Å². The molecule has 16 heavy (non-hydrogen) atoms. The van der Waals surface area contributed by atoms with Crippen molar-refractivity contribution in [1.82, 2.24) is 10.2 Å². The molecule has 0 saturated carbocycles. The Morgan fingerprint density at radius 1 is 1.31 bits per heavy atom. The first kappa shape index (κ1) is 11.3. The van der Waals surface area contributed by atoms with E-state index in [0.29, 0.717) is 23.4 Å². The highest BCUT2D eigenvalue weighted by atomic mass is 35.5. The highest BCUT2D eigenvalue weighted by Crippen LogP contribution is 2.14. The maximum Gasteiger partial charge on any atom is 0.203 e. The van der Waals surface area contributed by atoms with Gasteiger partial charge < -0.3 is 10.5 Å². The molecule has 1 aromatic heterocycles. The monoisotopic (exact) mass is 255 g/mol. The van der Waals surface area contributed by atoms with Crippen LogP contribution in [0.4, 0.5) is 5.13 Å². The molecular formula is C10H10ClN3OS. The van der Waals surface area contributed by atoms with Gasteiger partial charge in [0.2, 0.25) is 5.13 Å². The number of rotatable bonds is 4. The zero-order chi connectivity index (χ0) is 11.4. The molecule has 84 valence electrons. The van der Waals surface area contributed by atoms with E-state index in [2.05, 4.69) is 10.2 Å². The minimum atomic E-state index is 0.418. The van der Waals surface area contributed by atoms with Gasteiger partial charge in [-0.25, -0.2) is 0 Å². The van der Waals surface area contributed by atoms with Crippen molar-refractivity contribution >= 4 is 28.1 Å². The highest BCUT2D eigenvalue weighted by molar-refractivity contribution is 7.15. The van der Waals surface area contributed by atoms with Crippen molar-refractivity contribution in [1.29, 1.82) is 0 Å². The van der Waals surface area contributed by atoms with E-state index in [4.69, 9.17) is 22.1 Å². The lowest BCUT2D eigenvalue weighted by molar-refractivity contribution is 0.106. The van der Waals surface area contributed by atoms with E-state index >= 15 is 0 Å². The van der Waals surface area contributed by atoms with E-state index in [1.165, 1.54) is 11.3 Å². The molecule has 0 bridgehead atoms. The Kier molecular flexibility index (Phi) is 3.71. The van der Waals surface area contributed by atoms with Crippen LogP contribution in [0.5, 0.6) is 0 Å². The molecule has 1 heterocycles. The summed E-state index contributed by atoms with van der Waals surface area (Å²) in [6.07, 6.45) is 0. The Labute approximate surface area is 102 Å². The summed E-state index contributed by atoms with van der Waals surface area (Å²) in [5.41, 5.74) is 6.49. The topological polar surface area (TPSA) is 61.0 Å². The van der Waals surface area contributed by atoms with Crippen molar-refractivity contribution in [3.8, 4) is 0 Å². The summed E-state index contributed by atoms with van der Waals surface area (Å²) in [5.74, 6) is 0. The van der Waals surface area contributed by atoms with Crippen LogP contribution in [0.15, 0.2) is 24.3 Å². The average Bonchev–Trinajstić information content (AvgIpc) is 2.64. The lowest BCUT2D eigenvalue weighted by Crippen LogP contribution is -1.93. The number of ether oxygens (including phenoxy) is 1. The molecular weight excluding hydrogens is 246 g/mol. The average molecular weight is 256 g/mol. The third-order valence-electron chi connectivity index (χ3n) is 1.87. The minimum Gasteiger partial charge on any atom is -0.374 e. The van der Waals surface area contributed by atoms with Crippen molar-refractivity contribution < 1.29 is 4.74 Å². The van der Waals surface area contributed by atoms with Gasteiger partial charge in [-0.2, -0.15) is 0 Å². The second-order valence-electron chi connectivity index (χ2n) is 3.16. The lowest BCUT2D eigenvalue weighted by atomic mass is 10.2. The molecule has 0 aliphatic rings. The van der Waals surface area contributed by atoms with E-state index in [0.717, 1.165) is 10.6 Å². The Morgan fingerprint density at radius 3 is 2.88 bits per heavy atom. The molecule has 0 aliphatic heterocycles. The molecule has 2 N–H and O–H groups in total. The second-order valence-corrected chi connectivity index (χ2v) is 4.69. The molecule has 0 unspecified atom stereocenters. The Hall–Kier alpha value is -1.17. The number of benzene rings is 1. The summed E-state index contributed by atoms with van der Waals surface area (Å²) in [5, 5.41) is 9.50. The van der Waals surface area contributed by atoms with Crippen molar-refractivity contribution in [2.24, 2.45) is 0 Å². The van der Waals surface area contributed by atoms with E-state index in [9.17, 15) is 0 Å². The zero-order valence-corrected chi connectivity index (χ0v) is 9.96.